The lowest BCUT2D eigenvalue weighted by atomic mass is 10.1. The Morgan fingerprint density at radius 2 is 1.88 bits per heavy atom. The van der Waals surface area contributed by atoms with Crippen molar-refractivity contribution in [3.63, 3.8) is 0 Å². The van der Waals surface area contributed by atoms with Gasteiger partial charge in [-0.25, -0.2) is 18.5 Å². The Bertz CT molecular complexity index is 1220. The molecule has 32 heavy (non-hydrogen) atoms. The van der Waals surface area contributed by atoms with Gasteiger partial charge in [-0.1, -0.05) is 11.8 Å². The van der Waals surface area contributed by atoms with Crippen molar-refractivity contribution in [1.82, 2.24) is 9.55 Å². The van der Waals surface area contributed by atoms with Crippen LogP contribution in [0, 0.1) is 0 Å². The van der Waals surface area contributed by atoms with Gasteiger partial charge in [0.2, 0.25) is 10.0 Å². The minimum absolute atomic E-state index is 0.110. The Kier molecular flexibility index (Phi) is 6.51. The highest BCUT2D eigenvalue weighted by Gasteiger charge is 2.22. The minimum atomic E-state index is -3.95. The standard InChI is InChI=1S/C21H23N5O4S2/c1-25-9-8-23-21(25)31-16-4-2-15(3-5-16)24-20(27)18-14-17(32(22,28)29)6-7-19(18)26-10-12-30-13-11-26/h2-9,14H,10-13H2,1H3,(H,24,27)(H2,22,28,29). The third-order valence-corrected chi connectivity index (χ3v) is 6.99. The summed E-state index contributed by atoms with van der Waals surface area (Å²) in [6.07, 6.45) is 3.61. The first-order chi connectivity index (χ1) is 15.3. The van der Waals surface area contributed by atoms with Crippen LogP contribution in [0.1, 0.15) is 10.4 Å². The van der Waals surface area contributed by atoms with Crippen LogP contribution < -0.4 is 15.4 Å². The number of hydrogen-bond acceptors (Lipinski definition) is 7. The third kappa shape index (κ3) is 5.13. The fourth-order valence-corrected chi connectivity index (χ4v) is 4.66. The molecule has 2 heterocycles. The lowest BCUT2D eigenvalue weighted by Gasteiger charge is -2.30. The molecule has 1 aromatic heterocycles. The molecule has 11 heteroatoms. The molecule has 2 aromatic carbocycles. The number of carbonyl (C=O) groups excluding carboxylic acids is 1. The highest BCUT2D eigenvalue weighted by Crippen LogP contribution is 2.28. The molecule has 0 saturated carbocycles. The van der Waals surface area contributed by atoms with Crippen LogP contribution >= 0.6 is 11.8 Å². The molecular formula is C21H23N5O4S2. The van der Waals surface area contributed by atoms with Gasteiger partial charge in [0.1, 0.15) is 0 Å². The number of imidazole rings is 1. The Morgan fingerprint density at radius 3 is 2.50 bits per heavy atom. The number of morpholine rings is 1. The summed E-state index contributed by atoms with van der Waals surface area (Å²) in [6, 6.07) is 11.7. The van der Waals surface area contributed by atoms with Gasteiger partial charge in [0, 0.05) is 48.8 Å². The summed E-state index contributed by atoms with van der Waals surface area (Å²) in [4.78, 5) is 20.3. The maximum atomic E-state index is 13.1. The maximum Gasteiger partial charge on any atom is 0.257 e. The van der Waals surface area contributed by atoms with Gasteiger partial charge >= 0.3 is 0 Å². The molecule has 1 fully saturated rings. The number of nitrogens with one attached hydrogen (secondary N) is 1. The van der Waals surface area contributed by atoms with E-state index in [0.717, 1.165) is 10.1 Å². The number of nitrogens with zero attached hydrogens (tertiary/aromatic N) is 3. The van der Waals surface area contributed by atoms with Gasteiger partial charge in [-0.05, 0) is 42.5 Å². The second-order valence-electron chi connectivity index (χ2n) is 7.22. The number of carbonyl (C=O) groups is 1. The van der Waals surface area contributed by atoms with E-state index < -0.39 is 15.9 Å². The van der Waals surface area contributed by atoms with E-state index in [1.807, 2.05) is 34.8 Å². The lowest BCUT2D eigenvalue weighted by Crippen LogP contribution is -2.37. The Hall–Kier alpha value is -2.86. The van der Waals surface area contributed by atoms with E-state index >= 15 is 0 Å². The summed E-state index contributed by atoms with van der Waals surface area (Å²) in [5.41, 5.74) is 1.47. The number of primary sulfonamides is 1. The van der Waals surface area contributed by atoms with Gasteiger partial charge in [0.15, 0.2) is 5.16 Å². The molecule has 3 aromatic rings. The summed E-state index contributed by atoms with van der Waals surface area (Å²) in [5.74, 6) is -0.415. The fourth-order valence-electron chi connectivity index (χ4n) is 3.31. The van der Waals surface area contributed by atoms with Gasteiger partial charge in [-0.2, -0.15) is 0 Å². The minimum Gasteiger partial charge on any atom is -0.378 e. The molecular weight excluding hydrogens is 450 g/mol. The van der Waals surface area contributed by atoms with Crippen LogP contribution in [0.15, 0.2) is 69.8 Å². The molecule has 0 radical (unpaired) electrons. The van der Waals surface area contributed by atoms with Crippen molar-refractivity contribution < 1.29 is 17.9 Å². The summed E-state index contributed by atoms with van der Waals surface area (Å²) in [6.45, 7) is 2.28. The van der Waals surface area contributed by atoms with Crippen molar-refractivity contribution in [1.29, 1.82) is 0 Å². The molecule has 0 spiro atoms. The van der Waals surface area contributed by atoms with Crippen LogP contribution in [-0.2, 0) is 21.8 Å². The molecule has 1 aliphatic rings. The molecule has 9 nitrogen and oxygen atoms in total. The highest BCUT2D eigenvalue weighted by atomic mass is 32.2. The molecule has 1 saturated heterocycles. The summed E-state index contributed by atoms with van der Waals surface area (Å²) in [5, 5.41) is 9.00. The number of benzene rings is 2. The Labute approximate surface area is 190 Å². The van der Waals surface area contributed by atoms with Gasteiger partial charge in [0.25, 0.3) is 5.91 Å². The Morgan fingerprint density at radius 1 is 1.16 bits per heavy atom. The van der Waals surface area contributed by atoms with Gasteiger partial charge in [-0.3, -0.25) is 4.79 Å². The van der Waals surface area contributed by atoms with E-state index in [2.05, 4.69) is 10.3 Å². The number of aryl methyl sites for hydroxylation is 1. The number of aromatic nitrogens is 2. The van der Waals surface area contributed by atoms with Crippen molar-refractivity contribution in [3.8, 4) is 0 Å². The topological polar surface area (TPSA) is 120 Å². The van der Waals surface area contributed by atoms with Gasteiger partial charge in [0.05, 0.1) is 23.7 Å². The number of nitrogens with two attached hydrogens (primary N) is 1. The van der Waals surface area contributed by atoms with Crippen molar-refractivity contribution in [2.24, 2.45) is 12.2 Å². The zero-order chi connectivity index (χ0) is 22.7. The lowest BCUT2D eigenvalue weighted by molar-refractivity contribution is 0.102. The van der Waals surface area contributed by atoms with Crippen molar-refractivity contribution in [2.45, 2.75) is 14.9 Å². The average molecular weight is 474 g/mol. The zero-order valence-electron chi connectivity index (χ0n) is 17.4. The molecule has 168 valence electrons. The largest absolute Gasteiger partial charge is 0.378 e. The number of ether oxygens (including phenoxy) is 1. The van der Waals surface area contributed by atoms with Crippen molar-refractivity contribution in [2.75, 3.05) is 36.5 Å². The summed E-state index contributed by atoms with van der Waals surface area (Å²) >= 11 is 1.51. The smallest absolute Gasteiger partial charge is 0.257 e. The number of sulfonamides is 1. The first-order valence-electron chi connectivity index (χ1n) is 9.87. The van der Waals surface area contributed by atoms with E-state index in [1.54, 1.807) is 24.4 Å². The van der Waals surface area contributed by atoms with E-state index in [0.29, 0.717) is 37.7 Å². The van der Waals surface area contributed by atoms with Crippen molar-refractivity contribution >= 4 is 39.1 Å². The quantitative estimate of drug-likeness (QED) is 0.564. The first-order valence-corrected chi connectivity index (χ1v) is 12.2. The fraction of sp³-hybridized carbons (Fsp3) is 0.238. The van der Waals surface area contributed by atoms with E-state index in [9.17, 15) is 13.2 Å². The van der Waals surface area contributed by atoms with Crippen LogP contribution in [0.4, 0.5) is 11.4 Å². The monoisotopic (exact) mass is 473 g/mol. The second-order valence-corrected chi connectivity index (χ2v) is 9.83. The highest BCUT2D eigenvalue weighted by molar-refractivity contribution is 7.99. The normalized spacial score (nSPS) is 14.4. The summed E-state index contributed by atoms with van der Waals surface area (Å²) in [7, 11) is -2.02. The van der Waals surface area contributed by atoms with Crippen LogP contribution in [0.5, 0.6) is 0 Å². The molecule has 0 bridgehead atoms. The van der Waals surface area contributed by atoms with Gasteiger partial charge in [-0.15, -0.1) is 0 Å². The predicted molar refractivity (Wildman–Crippen MR) is 123 cm³/mol. The SMILES string of the molecule is Cn1ccnc1Sc1ccc(NC(=O)c2cc(S(N)(=O)=O)ccc2N2CCOCC2)cc1. The molecule has 0 atom stereocenters. The van der Waals surface area contributed by atoms with Crippen LogP contribution in [0.3, 0.4) is 0 Å². The van der Waals surface area contributed by atoms with Crippen molar-refractivity contribution in [3.05, 3.63) is 60.4 Å². The molecule has 3 N–H and O–H groups in total. The Balaban J connectivity index is 1.56. The van der Waals surface area contributed by atoms with Crippen LogP contribution in [-0.4, -0.2) is 50.2 Å². The van der Waals surface area contributed by atoms with Gasteiger partial charge < -0.3 is 19.5 Å². The first kappa shape index (κ1) is 22.3. The van der Waals surface area contributed by atoms with E-state index in [4.69, 9.17) is 9.88 Å². The van der Waals surface area contributed by atoms with Crippen LogP contribution in [0.2, 0.25) is 0 Å². The predicted octanol–water partition coefficient (Wildman–Crippen LogP) is 2.31. The number of anilines is 2. The maximum absolute atomic E-state index is 13.1. The molecule has 0 unspecified atom stereocenters. The average Bonchev–Trinajstić information content (AvgIpc) is 3.19. The number of rotatable bonds is 6. The molecule has 1 aliphatic heterocycles. The number of hydrogen-bond donors (Lipinski definition) is 2. The molecule has 4 rings (SSSR count). The second kappa shape index (κ2) is 9.33. The zero-order valence-corrected chi connectivity index (χ0v) is 19.0. The summed E-state index contributed by atoms with van der Waals surface area (Å²) < 4.78 is 31.0. The van der Waals surface area contributed by atoms with Crippen LogP contribution in [0.25, 0.3) is 0 Å². The molecule has 0 aliphatic carbocycles. The van der Waals surface area contributed by atoms with E-state index in [-0.39, 0.29) is 10.5 Å². The molecule has 1 amide bonds. The van der Waals surface area contributed by atoms with E-state index in [1.165, 1.54) is 23.9 Å². The third-order valence-electron chi connectivity index (χ3n) is 4.99. The number of amides is 1.